The minimum Gasteiger partial charge on any atom is -0.494 e. The molecule has 178 valence electrons. The molecule has 0 aliphatic heterocycles. The Morgan fingerprint density at radius 3 is 1.85 bits per heavy atom. The number of hydrazine groups is 1. The minimum absolute atomic E-state index is 0.764. The molecule has 0 fully saturated rings. The Bertz CT molecular complexity index is 1060. The zero-order chi connectivity index (χ0) is 24.3. The summed E-state index contributed by atoms with van der Waals surface area (Å²) in [5.41, 5.74) is 1.11. The summed E-state index contributed by atoms with van der Waals surface area (Å²) in [6, 6.07) is 28.6. The molecule has 2 N–H and O–H groups in total. The molecule has 0 aromatic heterocycles. The van der Waals surface area contributed by atoms with Crippen molar-refractivity contribution in [2.45, 2.75) is 25.3 Å². The van der Waals surface area contributed by atoms with E-state index >= 15 is 0 Å². The smallest absolute Gasteiger partial charge is 0.494 e. The lowest BCUT2D eigenvalue weighted by molar-refractivity contribution is -0.0510. The third-order valence-electron chi connectivity index (χ3n) is 4.18. The van der Waals surface area contributed by atoms with Crippen molar-refractivity contribution in [3.8, 4) is 5.75 Å². The first-order valence-corrected chi connectivity index (χ1v) is 11.5. The molecule has 0 spiro atoms. The fourth-order valence-electron chi connectivity index (χ4n) is 2.52. The molecule has 3 aromatic rings. The Balaban J connectivity index is 0.000000414. The minimum atomic E-state index is -5.84. The van der Waals surface area contributed by atoms with Gasteiger partial charge in [-0.3, -0.25) is 15.0 Å². The lowest BCUT2D eigenvalue weighted by Gasteiger charge is -2.26. The van der Waals surface area contributed by atoms with Crippen molar-refractivity contribution in [1.29, 1.82) is 0 Å². The van der Waals surface area contributed by atoms with E-state index in [1.807, 2.05) is 48.5 Å². The van der Waals surface area contributed by atoms with E-state index in [2.05, 4.69) is 53.8 Å². The predicted octanol–water partition coefficient (Wildman–Crippen LogP) is 6.42. The molecule has 0 atom stereocenters. The van der Waals surface area contributed by atoms with Gasteiger partial charge in [-0.1, -0.05) is 49.7 Å². The van der Waals surface area contributed by atoms with E-state index in [4.69, 9.17) is 17.7 Å². The van der Waals surface area contributed by atoms with Crippen molar-refractivity contribution >= 4 is 27.2 Å². The monoisotopic (exact) mass is 482 g/mol. The largest absolute Gasteiger partial charge is 0.522 e. The summed E-state index contributed by atoms with van der Waals surface area (Å²) in [7, 11) is -5.84. The summed E-state index contributed by atoms with van der Waals surface area (Å²) in [4.78, 5) is 0. The molecular formula is C23H25F3N2O4S. The maximum absolute atomic E-state index is 10.7. The number of ether oxygens (including phenoxy) is 1. The Morgan fingerprint density at radius 1 is 0.879 bits per heavy atom. The first kappa shape index (κ1) is 26.0. The van der Waals surface area contributed by atoms with E-state index in [1.54, 1.807) is 0 Å². The first-order chi connectivity index (χ1) is 15.6. The van der Waals surface area contributed by atoms with Crippen molar-refractivity contribution < 1.29 is 30.9 Å². The SMILES string of the molecule is CCCCOc1ccc(N(Nc2ccccc2)c2ccccc2)cc1.O=S(=O)(O)C(F)(F)F. The fourth-order valence-corrected chi connectivity index (χ4v) is 2.52. The fraction of sp³-hybridized carbons (Fsp3) is 0.217. The number of nitrogens with one attached hydrogen (secondary N) is 1. The third-order valence-corrected chi connectivity index (χ3v) is 4.77. The van der Waals surface area contributed by atoms with Crippen LogP contribution in [0.5, 0.6) is 5.75 Å². The second-order valence-corrected chi connectivity index (χ2v) is 8.18. The Labute approximate surface area is 191 Å². The van der Waals surface area contributed by atoms with Crippen LogP contribution in [0.2, 0.25) is 0 Å². The van der Waals surface area contributed by atoms with Gasteiger partial charge < -0.3 is 4.74 Å². The van der Waals surface area contributed by atoms with Gasteiger partial charge in [0.15, 0.2) is 0 Å². The van der Waals surface area contributed by atoms with Crippen molar-refractivity contribution in [2.75, 3.05) is 17.0 Å². The van der Waals surface area contributed by atoms with Gasteiger partial charge in [0.05, 0.1) is 23.7 Å². The van der Waals surface area contributed by atoms with Crippen LogP contribution in [0.25, 0.3) is 0 Å². The molecule has 0 saturated carbocycles. The molecule has 3 rings (SSSR count). The highest BCUT2D eigenvalue weighted by molar-refractivity contribution is 7.86. The van der Waals surface area contributed by atoms with Crippen molar-refractivity contribution in [2.24, 2.45) is 0 Å². The van der Waals surface area contributed by atoms with Crippen molar-refractivity contribution in [1.82, 2.24) is 0 Å². The van der Waals surface area contributed by atoms with Gasteiger partial charge in [-0.15, -0.1) is 0 Å². The number of hydrogen-bond donors (Lipinski definition) is 2. The van der Waals surface area contributed by atoms with E-state index in [9.17, 15) is 13.2 Å². The summed E-state index contributed by atoms with van der Waals surface area (Å²) in [6.07, 6.45) is 2.22. The van der Waals surface area contributed by atoms with Gasteiger partial charge in [-0.05, 0) is 55.0 Å². The van der Waals surface area contributed by atoms with Crippen LogP contribution < -0.4 is 15.2 Å². The summed E-state index contributed by atoms with van der Waals surface area (Å²) < 4.78 is 63.3. The highest BCUT2D eigenvalue weighted by Crippen LogP contribution is 2.28. The molecule has 0 aliphatic rings. The Hall–Kier alpha value is -3.24. The topological polar surface area (TPSA) is 78.9 Å². The molecule has 0 saturated heterocycles. The van der Waals surface area contributed by atoms with Gasteiger partial charge in [-0.25, -0.2) is 0 Å². The number of anilines is 3. The Kier molecular flexibility index (Phi) is 9.56. The number of para-hydroxylation sites is 2. The summed E-state index contributed by atoms with van der Waals surface area (Å²) in [5.74, 6) is 0.907. The highest BCUT2D eigenvalue weighted by Gasteiger charge is 2.44. The number of benzene rings is 3. The quantitative estimate of drug-likeness (QED) is 0.167. The van der Waals surface area contributed by atoms with Crippen molar-refractivity contribution in [3.05, 3.63) is 84.9 Å². The summed E-state index contributed by atoms with van der Waals surface area (Å²) >= 11 is 0. The summed E-state index contributed by atoms with van der Waals surface area (Å²) in [5, 5.41) is 2.07. The van der Waals surface area contributed by atoms with Crippen LogP contribution in [0.1, 0.15) is 19.8 Å². The van der Waals surface area contributed by atoms with Crippen molar-refractivity contribution in [3.63, 3.8) is 0 Å². The average molecular weight is 483 g/mol. The number of nitrogens with zero attached hydrogens (tertiary/aromatic N) is 1. The van der Waals surface area contributed by atoms with Gasteiger partial charge in [0, 0.05) is 0 Å². The molecule has 33 heavy (non-hydrogen) atoms. The molecule has 0 bridgehead atoms. The van der Waals surface area contributed by atoms with Crippen LogP contribution in [0, 0.1) is 0 Å². The van der Waals surface area contributed by atoms with Gasteiger partial charge in [0.1, 0.15) is 5.75 Å². The normalized spacial score (nSPS) is 11.2. The number of halogens is 3. The number of unbranched alkanes of at least 4 members (excludes halogenated alkanes) is 1. The van der Waals surface area contributed by atoms with Gasteiger partial charge in [0.25, 0.3) is 0 Å². The molecule has 10 heteroatoms. The number of rotatable bonds is 8. The average Bonchev–Trinajstić information content (AvgIpc) is 2.79. The molecule has 0 radical (unpaired) electrons. The molecule has 0 unspecified atom stereocenters. The maximum Gasteiger partial charge on any atom is 0.522 e. The van der Waals surface area contributed by atoms with Crippen LogP contribution in [-0.2, 0) is 10.1 Å². The molecule has 0 heterocycles. The lowest BCUT2D eigenvalue weighted by Crippen LogP contribution is -2.24. The standard InChI is InChI=1S/C22H24N2O.CHF3O3S/c1-2-3-18-25-22-16-14-21(15-17-22)24(20-12-8-5-9-13-20)23-19-10-6-4-7-11-19;2-1(3,4)8(5,6)7/h4-17,23H,2-3,18H2,1H3;(H,5,6,7). The zero-order valence-corrected chi connectivity index (χ0v) is 18.7. The number of hydrogen-bond acceptors (Lipinski definition) is 5. The molecule has 3 aromatic carbocycles. The van der Waals surface area contributed by atoms with Crippen LogP contribution in [0.3, 0.4) is 0 Å². The van der Waals surface area contributed by atoms with Gasteiger partial charge in [0.2, 0.25) is 0 Å². The van der Waals surface area contributed by atoms with Gasteiger partial charge >= 0.3 is 15.6 Å². The molecular weight excluding hydrogens is 457 g/mol. The van der Waals surface area contributed by atoms with Crippen LogP contribution in [-0.4, -0.2) is 25.1 Å². The van der Waals surface area contributed by atoms with E-state index in [-0.39, 0.29) is 0 Å². The second-order valence-electron chi connectivity index (χ2n) is 6.77. The molecule has 0 amide bonds. The first-order valence-electron chi connectivity index (χ1n) is 10.1. The molecule has 0 aliphatic carbocycles. The molecule has 6 nitrogen and oxygen atoms in total. The van der Waals surface area contributed by atoms with Gasteiger partial charge in [-0.2, -0.15) is 21.6 Å². The van der Waals surface area contributed by atoms with Crippen LogP contribution >= 0.6 is 0 Å². The van der Waals surface area contributed by atoms with E-state index in [0.717, 1.165) is 42.3 Å². The zero-order valence-electron chi connectivity index (χ0n) is 17.9. The highest BCUT2D eigenvalue weighted by atomic mass is 32.2. The van der Waals surface area contributed by atoms with E-state index in [1.165, 1.54) is 0 Å². The Morgan fingerprint density at radius 2 is 1.36 bits per heavy atom. The third kappa shape index (κ3) is 8.66. The van der Waals surface area contributed by atoms with Crippen LogP contribution in [0.15, 0.2) is 84.9 Å². The van der Waals surface area contributed by atoms with Crippen LogP contribution in [0.4, 0.5) is 30.2 Å². The number of alkyl halides is 3. The maximum atomic E-state index is 10.7. The second kappa shape index (κ2) is 12.1. The predicted molar refractivity (Wildman–Crippen MR) is 123 cm³/mol. The van der Waals surface area contributed by atoms with E-state index in [0.29, 0.717) is 0 Å². The van der Waals surface area contributed by atoms with E-state index < -0.39 is 15.6 Å². The lowest BCUT2D eigenvalue weighted by atomic mass is 10.2. The summed E-state index contributed by atoms with van der Waals surface area (Å²) in [6.45, 7) is 2.93.